The molecule has 0 unspecified atom stereocenters. The molecule has 0 fully saturated rings. The molecule has 7 nitrogen and oxygen atoms in total. The Morgan fingerprint density at radius 3 is 2.53 bits per heavy atom. The second-order valence-electron chi connectivity index (χ2n) is 3.47. The van der Waals surface area contributed by atoms with Crippen LogP contribution in [0.15, 0.2) is 30.0 Å². The van der Waals surface area contributed by atoms with Crippen LogP contribution in [0, 0.1) is 10.1 Å². The summed E-state index contributed by atoms with van der Waals surface area (Å²) >= 11 is 0. The number of carbonyl (C=O) groups excluding carboxylic acids is 1. The molecule has 0 atom stereocenters. The third-order valence-electron chi connectivity index (χ3n) is 2.15. The highest BCUT2D eigenvalue weighted by molar-refractivity contribution is 5.82. The lowest BCUT2D eigenvalue weighted by Crippen LogP contribution is -2.01. The SMILES string of the molecule is COC(=O)/C=C(\C)Oc1cc([N+](=O)[O-])ccc1OC. The first-order valence-electron chi connectivity index (χ1n) is 5.24. The van der Waals surface area contributed by atoms with Gasteiger partial charge in [0.05, 0.1) is 31.3 Å². The average molecular weight is 267 g/mol. The van der Waals surface area contributed by atoms with Crippen molar-refractivity contribution in [2.45, 2.75) is 6.92 Å². The number of hydrogen-bond acceptors (Lipinski definition) is 6. The molecule has 0 amide bonds. The molecule has 0 saturated heterocycles. The first-order chi connectivity index (χ1) is 8.97. The number of ether oxygens (including phenoxy) is 3. The highest BCUT2D eigenvalue weighted by atomic mass is 16.6. The molecule has 0 radical (unpaired) electrons. The fourth-order valence-electron chi connectivity index (χ4n) is 1.29. The largest absolute Gasteiger partial charge is 0.493 e. The van der Waals surface area contributed by atoms with Gasteiger partial charge in [0.25, 0.3) is 5.69 Å². The maximum Gasteiger partial charge on any atom is 0.333 e. The van der Waals surface area contributed by atoms with E-state index in [4.69, 9.17) is 9.47 Å². The molecule has 0 spiro atoms. The molecule has 0 N–H and O–H groups in total. The molecule has 19 heavy (non-hydrogen) atoms. The third-order valence-corrected chi connectivity index (χ3v) is 2.15. The number of hydrogen-bond donors (Lipinski definition) is 0. The van der Waals surface area contributed by atoms with Crippen molar-refractivity contribution in [3.8, 4) is 11.5 Å². The molecule has 0 aliphatic heterocycles. The van der Waals surface area contributed by atoms with Crippen molar-refractivity contribution in [3.63, 3.8) is 0 Å². The summed E-state index contributed by atoms with van der Waals surface area (Å²) in [4.78, 5) is 21.2. The summed E-state index contributed by atoms with van der Waals surface area (Å²) in [7, 11) is 2.65. The zero-order chi connectivity index (χ0) is 14.4. The van der Waals surface area contributed by atoms with Crippen molar-refractivity contribution in [3.05, 3.63) is 40.1 Å². The Labute approximate surface area is 109 Å². The summed E-state index contributed by atoms with van der Waals surface area (Å²) < 4.78 is 14.8. The van der Waals surface area contributed by atoms with Gasteiger partial charge in [-0.1, -0.05) is 0 Å². The van der Waals surface area contributed by atoms with Crippen molar-refractivity contribution >= 4 is 11.7 Å². The van der Waals surface area contributed by atoms with Gasteiger partial charge in [0.2, 0.25) is 0 Å². The molecule has 0 saturated carbocycles. The van der Waals surface area contributed by atoms with Gasteiger partial charge in [-0.15, -0.1) is 0 Å². The predicted molar refractivity (Wildman–Crippen MR) is 66.0 cm³/mol. The van der Waals surface area contributed by atoms with Crippen LogP contribution in [0.25, 0.3) is 0 Å². The summed E-state index contributed by atoms with van der Waals surface area (Å²) in [5, 5.41) is 10.7. The van der Waals surface area contributed by atoms with Gasteiger partial charge in [0.1, 0.15) is 5.76 Å². The van der Waals surface area contributed by atoms with Crippen molar-refractivity contribution in [1.82, 2.24) is 0 Å². The van der Waals surface area contributed by atoms with Gasteiger partial charge in [-0.05, 0) is 13.0 Å². The number of nitrogens with zero attached hydrogens (tertiary/aromatic N) is 1. The van der Waals surface area contributed by atoms with Crippen molar-refractivity contribution < 1.29 is 23.9 Å². The molecule has 0 aliphatic carbocycles. The van der Waals surface area contributed by atoms with Crippen molar-refractivity contribution in [1.29, 1.82) is 0 Å². The molecule has 1 rings (SSSR count). The molecule has 1 aromatic rings. The van der Waals surface area contributed by atoms with Crippen LogP contribution < -0.4 is 9.47 Å². The van der Waals surface area contributed by atoms with E-state index >= 15 is 0 Å². The highest BCUT2D eigenvalue weighted by Crippen LogP contribution is 2.32. The van der Waals surface area contributed by atoms with E-state index in [1.165, 1.54) is 39.3 Å². The Balaban J connectivity index is 3.04. The Bertz CT molecular complexity index is 523. The lowest BCUT2D eigenvalue weighted by molar-refractivity contribution is -0.384. The number of esters is 1. The summed E-state index contributed by atoms with van der Waals surface area (Å²) in [5.41, 5.74) is -0.137. The predicted octanol–water partition coefficient (Wildman–Crippen LogP) is 2.06. The van der Waals surface area contributed by atoms with E-state index in [9.17, 15) is 14.9 Å². The zero-order valence-corrected chi connectivity index (χ0v) is 10.7. The summed E-state index contributed by atoms with van der Waals surface area (Å²) in [6, 6.07) is 3.93. The van der Waals surface area contributed by atoms with Crippen LogP contribution in [0.1, 0.15) is 6.92 Å². The van der Waals surface area contributed by atoms with Crippen LogP contribution in [0.2, 0.25) is 0 Å². The molecule has 0 bridgehead atoms. The van der Waals surface area contributed by atoms with Gasteiger partial charge >= 0.3 is 5.97 Å². The van der Waals surface area contributed by atoms with E-state index < -0.39 is 10.9 Å². The van der Waals surface area contributed by atoms with Gasteiger partial charge in [-0.25, -0.2) is 4.79 Å². The molecular weight excluding hydrogens is 254 g/mol. The Morgan fingerprint density at radius 1 is 1.32 bits per heavy atom. The summed E-state index contributed by atoms with van der Waals surface area (Å²) in [5.74, 6) is 0.116. The quantitative estimate of drug-likeness (QED) is 0.267. The van der Waals surface area contributed by atoms with Crippen LogP contribution in [0.3, 0.4) is 0 Å². The van der Waals surface area contributed by atoms with E-state index in [2.05, 4.69) is 4.74 Å². The Morgan fingerprint density at radius 2 is 2.00 bits per heavy atom. The molecule has 1 aromatic carbocycles. The van der Waals surface area contributed by atoms with Crippen LogP contribution in [0.5, 0.6) is 11.5 Å². The second kappa shape index (κ2) is 6.39. The minimum absolute atomic E-state index is 0.137. The average Bonchev–Trinajstić information content (AvgIpc) is 2.38. The zero-order valence-electron chi connectivity index (χ0n) is 10.7. The number of nitro groups is 1. The van der Waals surface area contributed by atoms with Gasteiger partial charge in [0.15, 0.2) is 11.5 Å². The Hall–Kier alpha value is -2.57. The van der Waals surface area contributed by atoms with E-state index in [0.29, 0.717) is 5.75 Å². The molecule has 0 heterocycles. The maximum absolute atomic E-state index is 11.0. The first kappa shape index (κ1) is 14.5. The fourth-order valence-corrected chi connectivity index (χ4v) is 1.29. The molecule has 0 aromatic heterocycles. The lowest BCUT2D eigenvalue weighted by Gasteiger charge is -2.09. The number of benzene rings is 1. The minimum Gasteiger partial charge on any atom is -0.493 e. The van der Waals surface area contributed by atoms with E-state index in [1.807, 2.05) is 0 Å². The van der Waals surface area contributed by atoms with E-state index in [1.54, 1.807) is 0 Å². The number of rotatable bonds is 5. The summed E-state index contributed by atoms with van der Waals surface area (Å²) in [6.45, 7) is 1.52. The van der Waals surface area contributed by atoms with Crippen LogP contribution in [-0.4, -0.2) is 25.1 Å². The van der Waals surface area contributed by atoms with Gasteiger partial charge in [-0.2, -0.15) is 0 Å². The van der Waals surface area contributed by atoms with Crippen molar-refractivity contribution in [2.24, 2.45) is 0 Å². The maximum atomic E-state index is 11.0. The minimum atomic E-state index is -0.582. The molecular formula is C12H13NO6. The normalized spacial score (nSPS) is 10.8. The monoisotopic (exact) mass is 267 g/mol. The second-order valence-corrected chi connectivity index (χ2v) is 3.47. The lowest BCUT2D eigenvalue weighted by atomic mass is 10.3. The number of nitro benzene ring substituents is 1. The number of allylic oxidation sites excluding steroid dienone is 1. The number of methoxy groups -OCH3 is 2. The van der Waals surface area contributed by atoms with Crippen LogP contribution >= 0.6 is 0 Å². The van der Waals surface area contributed by atoms with Gasteiger partial charge in [-0.3, -0.25) is 10.1 Å². The standard InChI is InChI=1S/C12H13NO6/c1-8(6-12(14)18-3)19-11-7-9(13(15)16)4-5-10(11)17-2/h4-7H,1-3H3/b8-6+. The smallest absolute Gasteiger partial charge is 0.333 e. The van der Waals surface area contributed by atoms with E-state index in [-0.39, 0.29) is 17.2 Å². The van der Waals surface area contributed by atoms with Gasteiger partial charge < -0.3 is 14.2 Å². The van der Waals surface area contributed by atoms with Crippen LogP contribution in [-0.2, 0) is 9.53 Å². The van der Waals surface area contributed by atoms with Gasteiger partial charge in [0, 0.05) is 6.07 Å². The summed E-state index contributed by atoms with van der Waals surface area (Å²) in [6.07, 6.45) is 1.12. The third kappa shape index (κ3) is 3.98. The highest BCUT2D eigenvalue weighted by Gasteiger charge is 2.13. The van der Waals surface area contributed by atoms with Crippen LogP contribution in [0.4, 0.5) is 5.69 Å². The molecule has 0 aliphatic rings. The topological polar surface area (TPSA) is 87.9 Å². The molecule has 7 heteroatoms. The van der Waals surface area contributed by atoms with Crippen molar-refractivity contribution in [2.75, 3.05) is 14.2 Å². The Kier molecular flexibility index (Phi) is 4.87. The number of non-ortho nitro benzene ring substituents is 1. The first-order valence-corrected chi connectivity index (χ1v) is 5.24. The molecule has 102 valence electrons. The van der Waals surface area contributed by atoms with E-state index in [0.717, 1.165) is 6.08 Å². The number of carbonyl (C=O) groups is 1. The fraction of sp³-hybridized carbons (Fsp3) is 0.250.